The molecule has 0 unspecified atom stereocenters. The van der Waals surface area contributed by atoms with Crippen molar-refractivity contribution in [2.45, 2.75) is 33.6 Å². The van der Waals surface area contributed by atoms with Gasteiger partial charge in [-0.2, -0.15) is 0 Å². The highest BCUT2D eigenvalue weighted by atomic mass is 16.3. The van der Waals surface area contributed by atoms with E-state index < -0.39 is 0 Å². The Bertz CT molecular complexity index is 514. The third-order valence-electron chi connectivity index (χ3n) is 3.06. The predicted molar refractivity (Wildman–Crippen MR) is 69.9 cm³/mol. The van der Waals surface area contributed by atoms with Crippen LogP contribution in [0.15, 0.2) is 22.6 Å². The van der Waals surface area contributed by atoms with Gasteiger partial charge >= 0.3 is 0 Å². The first-order valence-corrected chi connectivity index (χ1v) is 6.06. The van der Waals surface area contributed by atoms with Gasteiger partial charge in [-0.25, -0.2) is 4.98 Å². The van der Waals surface area contributed by atoms with Gasteiger partial charge in [0.25, 0.3) is 0 Å². The number of aromatic nitrogens is 1. The van der Waals surface area contributed by atoms with Gasteiger partial charge in [-0.15, -0.1) is 0 Å². The molecule has 0 aliphatic carbocycles. The smallest absolute Gasteiger partial charge is 0.192 e. The van der Waals surface area contributed by atoms with E-state index in [0.717, 1.165) is 36.4 Å². The fraction of sp³-hybridized carbons (Fsp3) is 0.500. The van der Waals surface area contributed by atoms with Gasteiger partial charge in [-0.05, 0) is 42.5 Å². The Balaban J connectivity index is 2.24. The van der Waals surface area contributed by atoms with Gasteiger partial charge in [0, 0.05) is 6.92 Å². The van der Waals surface area contributed by atoms with Crippen LogP contribution in [0.25, 0.3) is 11.1 Å². The summed E-state index contributed by atoms with van der Waals surface area (Å²) in [5.74, 6) is 0.721. The minimum atomic E-state index is 0.237. The molecule has 1 heterocycles. The number of hydrogen-bond donors (Lipinski definition) is 1. The summed E-state index contributed by atoms with van der Waals surface area (Å²) in [7, 11) is 0. The third-order valence-corrected chi connectivity index (χ3v) is 3.06. The normalized spacial score (nSPS) is 12.2. The molecular formula is C14H20N2O. The molecular weight excluding hydrogens is 212 g/mol. The average Bonchev–Trinajstić information content (AvgIpc) is 2.56. The lowest BCUT2D eigenvalue weighted by Gasteiger charge is -2.23. The second-order valence-electron chi connectivity index (χ2n) is 5.41. The fourth-order valence-electron chi connectivity index (χ4n) is 2.23. The van der Waals surface area contributed by atoms with Gasteiger partial charge in [0.2, 0.25) is 0 Å². The maximum absolute atomic E-state index is 5.63. The second-order valence-corrected chi connectivity index (χ2v) is 5.41. The van der Waals surface area contributed by atoms with E-state index in [4.69, 9.17) is 10.2 Å². The lowest BCUT2D eigenvalue weighted by molar-refractivity contribution is 0.339. The van der Waals surface area contributed by atoms with Crippen LogP contribution in [0.2, 0.25) is 0 Å². The molecule has 0 fully saturated rings. The Morgan fingerprint density at radius 1 is 1.35 bits per heavy atom. The number of aryl methyl sites for hydroxylation is 1. The molecule has 0 saturated carbocycles. The Kier molecular flexibility index (Phi) is 3.20. The Morgan fingerprint density at radius 3 is 2.82 bits per heavy atom. The average molecular weight is 232 g/mol. The van der Waals surface area contributed by atoms with Crippen molar-refractivity contribution in [2.75, 3.05) is 6.54 Å². The van der Waals surface area contributed by atoms with Gasteiger partial charge in [0.15, 0.2) is 11.5 Å². The van der Waals surface area contributed by atoms with Crippen LogP contribution in [0.4, 0.5) is 0 Å². The SMILES string of the molecule is Cc1nc2cc(CC(C)(C)CCN)ccc2o1. The van der Waals surface area contributed by atoms with Gasteiger partial charge in [-0.1, -0.05) is 19.9 Å². The van der Waals surface area contributed by atoms with Gasteiger partial charge in [0.1, 0.15) is 5.52 Å². The second kappa shape index (κ2) is 4.49. The van der Waals surface area contributed by atoms with Crippen LogP contribution >= 0.6 is 0 Å². The van der Waals surface area contributed by atoms with E-state index in [9.17, 15) is 0 Å². The summed E-state index contributed by atoms with van der Waals surface area (Å²) >= 11 is 0. The molecule has 2 N–H and O–H groups in total. The van der Waals surface area contributed by atoms with Crippen molar-refractivity contribution in [2.24, 2.45) is 11.1 Å². The van der Waals surface area contributed by atoms with Crippen molar-refractivity contribution in [1.82, 2.24) is 4.98 Å². The van der Waals surface area contributed by atoms with Crippen molar-refractivity contribution in [3.05, 3.63) is 29.7 Å². The Labute approximate surface area is 102 Å². The first-order valence-electron chi connectivity index (χ1n) is 6.06. The molecule has 0 spiro atoms. The summed E-state index contributed by atoms with van der Waals surface area (Å²) in [6, 6.07) is 6.23. The van der Waals surface area contributed by atoms with Crippen LogP contribution in [0.3, 0.4) is 0 Å². The molecule has 0 bridgehead atoms. The Hall–Kier alpha value is -1.35. The van der Waals surface area contributed by atoms with E-state index in [1.807, 2.05) is 13.0 Å². The van der Waals surface area contributed by atoms with E-state index in [-0.39, 0.29) is 5.41 Å². The van der Waals surface area contributed by atoms with Gasteiger partial charge in [0.05, 0.1) is 0 Å². The number of fused-ring (bicyclic) bond motifs is 1. The maximum atomic E-state index is 5.63. The van der Waals surface area contributed by atoms with E-state index in [2.05, 4.69) is 31.0 Å². The highest BCUT2D eigenvalue weighted by molar-refractivity contribution is 5.73. The molecule has 0 atom stereocenters. The molecule has 0 aliphatic rings. The summed E-state index contributed by atoms with van der Waals surface area (Å²) < 4.78 is 5.47. The molecule has 3 nitrogen and oxygen atoms in total. The zero-order valence-corrected chi connectivity index (χ0v) is 10.8. The maximum Gasteiger partial charge on any atom is 0.192 e. The number of oxazole rings is 1. The van der Waals surface area contributed by atoms with Crippen LogP contribution in [-0.2, 0) is 6.42 Å². The standard InChI is InChI=1S/C14H20N2O/c1-10-16-12-8-11(4-5-13(12)17-10)9-14(2,3)6-7-15/h4-5,8H,6-7,9,15H2,1-3H3. The quantitative estimate of drug-likeness (QED) is 0.881. The van der Waals surface area contributed by atoms with Crippen molar-refractivity contribution in [3.63, 3.8) is 0 Å². The van der Waals surface area contributed by atoms with Gasteiger partial charge in [-0.3, -0.25) is 0 Å². The molecule has 2 rings (SSSR count). The third kappa shape index (κ3) is 2.86. The molecule has 2 aromatic rings. The van der Waals surface area contributed by atoms with Crippen molar-refractivity contribution >= 4 is 11.1 Å². The summed E-state index contributed by atoms with van der Waals surface area (Å²) in [6.07, 6.45) is 2.05. The molecule has 17 heavy (non-hydrogen) atoms. The summed E-state index contributed by atoms with van der Waals surface area (Å²) in [6.45, 7) is 7.10. The lowest BCUT2D eigenvalue weighted by Crippen LogP contribution is -2.19. The van der Waals surface area contributed by atoms with E-state index in [1.54, 1.807) is 0 Å². The molecule has 0 saturated heterocycles. The lowest BCUT2D eigenvalue weighted by atomic mass is 9.83. The number of nitrogens with zero attached hydrogens (tertiary/aromatic N) is 1. The zero-order valence-electron chi connectivity index (χ0n) is 10.8. The molecule has 3 heteroatoms. The van der Waals surface area contributed by atoms with Gasteiger partial charge < -0.3 is 10.2 Å². The number of benzene rings is 1. The van der Waals surface area contributed by atoms with Crippen molar-refractivity contribution in [3.8, 4) is 0 Å². The van der Waals surface area contributed by atoms with E-state index in [0.29, 0.717) is 0 Å². The summed E-state index contributed by atoms with van der Waals surface area (Å²) in [4.78, 5) is 4.36. The molecule has 0 amide bonds. The highest BCUT2D eigenvalue weighted by Crippen LogP contribution is 2.27. The molecule has 0 aliphatic heterocycles. The first kappa shape index (κ1) is 12.1. The number of rotatable bonds is 4. The zero-order chi connectivity index (χ0) is 12.5. The van der Waals surface area contributed by atoms with Crippen LogP contribution < -0.4 is 5.73 Å². The monoisotopic (exact) mass is 232 g/mol. The van der Waals surface area contributed by atoms with E-state index in [1.165, 1.54) is 5.56 Å². The molecule has 1 aromatic carbocycles. The fourth-order valence-corrected chi connectivity index (χ4v) is 2.23. The summed E-state index contributed by atoms with van der Waals surface area (Å²) in [5.41, 5.74) is 8.98. The van der Waals surface area contributed by atoms with Crippen LogP contribution in [-0.4, -0.2) is 11.5 Å². The van der Waals surface area contributed by atoms with Crippen molar-refractivity contribution < 1.29 is 4.42 Å². The largest absolute Gasteiger partial charge is 0.441 e. The number of nitrogens with two attached hydrogens (primary N) is 1. The molecule has 1 aromatic heterocycles. The number of hydrogen-bond acceptors (Lipinski definition) is 3. The highest BCUT2D eigenvalue weighted by Gasteiger charge is 2.17. The minimum absolute atomic E-state index is 0.237. The van der Waals surface area contributed by atoms with Crippen LogP contribution in [0, 0.1) is 12.3 Å². The van der Waals surface area contributed by atoms with Crippen LogP contribution in [0.1, 0.15) is 31.7 Å². The minimum Gasteiger partial charge on any atom is -0.441 e. The van der Waals surface area contributed by atoms with E-state index >= 15 is 0 Å². The molecule has 0 radical (unpaired) electrons. The molecule has 92 valence electrons. The topological polar surface area (TPSA) is 52.0 Å². The predicted octanol–water partition coefficient (Wildman–Crippen LogP) is 3.05. The van der Waals surface area contributed by atoms with Crippen LogP contribution in [0.5, 0.6) is 0 Å². The first-order chi connectivity index (χ1) is 8.00. The van der Waals surface area contributed by atoms with Crippen molar-refractivity contribution in [1.29, 1.82) is 0 Å². The Morgan fingerprint density at radius 2 is 2.12 bits per heavy atom. The summed E-state index contributed by atoms with van der Waals surface area (Å²) in [5, 5.41) is 0.